The van der Waals surface area contributed by atoms with Crippen molar-refractivity contribution < 1.29 is 0 Å². The molecule has 64 valence electrons. The third-order valence-corrected chi connectivity index (χ3v) is 2.85. The lowest BCUT2D eigenvalue weighted by Crippen LogP contribution is -1.91. The van der Waals surface area contributed by atoms with Gasteiger partial charge in [0.2, 0.25) is 0 Å². The van der Waals surface area contributed by atoms with E-state index in [4.69, 9.17) is 0 Å². The van der Waals surface area contributed by atoms with E-state index in [1.54, 1.807) is 0 Å². The maximum Gasteiger partial charge on any atom is 0.0466 e. The van der Waals surface area contributed by atoms with E-state index >= 15 is 0 Å². The molecule has 0 aliphatic heterocycles. The van der Waals surface area contributed by atoms with Gasteiger partial charge in [0, 0.05) is 17.8 Å². The molecule has 2 atom stereocenters. The molecule has 0 amide bonds. The van der Waals surface area contributed by atoms with E-state index in [9.17, 15) is 0 Å². The van der Waals surface area contributed by atoms with Gasteiger partial charge in [0.1, 0.15) is 0 Å². The number of hydrogen-bond acceptors (Lipinski definition) is 1. The molecule has 1 aromatic heterocycles. The Morgan fingerprint density at radius 3 is 3.00 bits per heavy atom. The lowest BCUT2D eigenvalue weighted by molar-refractivity contribution is 0.754. The molecule has 1 aliphatic carbocycles. The van der Waals surface area contributed by atoms with Gasteiger partial charge >= 0.3 is 0 Å². The summed E-state index contributed by atoms with van der Waals surface area (Å²) < 4.78 is 0. The van der Waals surface area contributed by atoms with Crippen LogP contribution in [0.2, 0.25) is 0 Å². The fraction of sp³-hybridized carbons (Fsp3) is 0.545. The minimum absolute atomic E-state index is 0.774. The Balaban J connectivity index is 2.19. The minimum Gasteiger partial charge on any atom is -0.261 e. The van der Waals surface area contributed by atoms with E-state index in [0.29, 0.717) is 0 Å². The Hall–Kier alpha value is -0.850. The van der Waals surface area contributed by atoms with Gasteiger partial charge in [-0.2, -0.15) is 0 Å². The molecule has 0 aromatic carbocycles. The second kappa shape index (κ2) is 2.89. The van der Waals surface area contributed by atoms with Crippen LogP contribution in [0, 0.1) is 12.8 Å². The molecule has 1 aromatic rings. The first-order valence-corrected chi connectivity index (χ1v) is 4.74. The van der Waals surface area contributed by atoms with Gasteiger partial charge in [-0.3, -0.25) is 4.98 Å². The predicted octanol–water partition coefficient (Wildman–Crippen LogP) is 2.90. The molecular weight excluding hydrogens is 146 g/mol. The van der Waals surface area contributed by atoms with Crippen molar-refractivity contribution in [2.24, 2.45) is 5.92 Å². The highest BCUT2D eigenvalue weighted by atomic mass is 14.7. The maximum absolute atomic E-state index is 4.44. The van der Waals surface area contributed by atoms with Gasteiger partial charge in [0.15, 0.2) is 0 Å². The number of hydrogen-bond donors (Lipinski definition) is 0. The molecule has 1 nitrogen and oxygen atoms in total. The zero-order chi connectivity index (χ0) is 8.55. The van der Waals surface area contributed by atoms with Gasteiger partial charge in [0.05, 0.1) is 0 Å². The van der Waals surface area contributed by atoms with Crippen molar-refractivity contribution in [3.63, 3.8) is 0 Å². The van der Waals surface area contributed by atoms with Gasteiger partial charge in [-0.1, -0.05) is 19.4 Å². The standard InChI is InChI=1S/C11H15N/c1-3-9-7-10(9)11-8(2)5-4-6-12-11/h4-6,9-10H,3,7H2,1-2H3. The second-order valence-corrected chi connectivity index (χ2v) is 3.72. The van der Waals surface area contributed by atoms with Crippen molar-refractivity contribution in [1.82, 2.24) is 4.98 Å². The predicted molar refractivity (Wildman–Crippen MR) is 50.1 cm³/mol. The summed E-state index contributed by atoms with van der Waals surface area (Å²) in [5.41, 5.74) is 2.70. The Morgan fingerprint density at radius 2 is 2.42 bits per heavy atom. The summed E-state index contributed by atoms with van der Waals surface area (Å²) in [6, 6.07) is 4.18. The Kier molecular flexibility index (Phi) is 1.87. The topological polar surface area (TPSA) is 12.9 Å². The third kappa shape index (κ3) is 1.24. The summed E-state index contributed by atoms with van der Waals surface area (Å²) in [5.74, 6) is 1.69. The molecule has 1 heteroatoms. The van der Waals surface area contributed by atoms with E-state index in [1.165, 1.54) is 24.1 Å². The third-order valence-electron chi connectivity index (χ3n) is 2.85. The Morgan fingerprint density at radius 1 is 1.58 bits per heavy atom. The van der Waals surface area contributed by atoms with Gasteiger partial charge < -0.3 is 0 Å². The monoisotopic (exact) mass is 161 g/mol. The average Bonchev–Trinajstić information content (AvgIpc) is 2.84. The molecule has 2 rings (SSSR count). The first kappa shape index (κ1) is 7.78. The number of pyridine rings is 1. The van der Waals surface area contributed by atoms with E-state index in [1.807, 2.05) is 12.3 Å². The SMILES string of the molecule is CCC1CC1c1ncccc1C. The molecule has 1 saturated carbocycles. The van der Waals surface area contributed by atoms with Crippen molar-refractivity contribution in [2.75, 3.05) is 0 Å². The molecule has 0 spiro atoms. The molecule has 2 unspecified atom stereocenters. The Labute approximate surface area is 73.8 Å². The highest BCUT2D eigenvalue weighted by Gasteiger charge is 2.38. The molecular formula is C11H15N. The van der Waals surface area contributed by atoms with Crippen LogP contribution in [0.15, 0.2) is 18.3 Å². The number of rotatable bonds is 2. The number of nitrogens with zero attached hydrogens (tertiary/aromatic N) is 1. The molecule has 0 saturated heterocycles. The Bertz CT molecular complexity index is 280. The summed E-state index contributed by atoms with van der Waals surface area (Å²) in [6.45, 7) is 4.43. The lowest BCUT2D eigenvalue weighted by Gasteiger charge is -2.01. The zero-order valence-corrected chi connectivity index (χ0v) is 7.75. The first-order chi connectivity index (χ1) is 5.83. The van der Waals surface area contributed by atoms with Crippen LogP contribution in [0.5, 0.6) is 0 Å². The molecule has 1 fully saturated rings. The summed E-state index contributed by atoms with van der Waals surface area (Å²) in [4.78, 5) is 4.44. The van der Waals surface area contributed by atoms with Crippen molar-refractivity contribution in [3.8, 4) is 0 Å². The molecule has 1 aliphatic rings. The van der Waals surface area contributed by atoms with Crippen LogP contribution >= 0.6 is 0 Å². The molecule has 12 heavy (non-hydrogen) atoms. The van der Waals surface area contributed by atoms with Crippen LogP contribution in [0.3, 0.4) is 0 Å². The van der Waals surface area contributed by atoms with Crippen LogP contribution in [0.1, 0.15) is 36.9 Å². The van der Waals surface area contributed by atoms with Gasteiger partial charge in [0.25, 0.3) is 0 Å². The fourth-order valence-electron chi connectivity index (χ4n) is 1.92. The molecule has 0 bridgehead atoms. The van der Waals surface area contributed by atoms with Crippen LogP contribution in [-0.2, 0) is 0 Å². The quantitative estimate of drug-likeness (QED) is 0.650. The summed E-state index contributed by atoms with van der Waals surface area (Å²) in [5, 5.41) is 0. The normalized spacial score (nSPS) is 27.2. The van der Waals surface area contributed by atoms with Gasteiger partial charge in [-0.15, -0.1) is 0 Å². The number of aryl methyl sites for hydroxylation is 1. The van der Waals surface area contributed by atoms with E-state index in [-0.39, 0.29) is 0 Å². The minimum atomic E-state index is 0.774. The highest BCUT2D eigenvalue weighted by Crippen LogP contribution is 2.49. The first-order valence-electron chi connectivity index (χ1n) is 4.74. The smallest absolute Gasteiger partial charge is 0.0466 e. The lowest BCUT2D eigenvalue weighted by atomic mass is 10.1. The zero-order valence-electron chi connectivity index (χ0n) is 7.75. The van der Waals surface area contributed by atoms with E-state index in [0.717, 1.165) is 11.8 Å². The summed E-state index contributed by atoms with van der Waals surface area (Å²) in [7, 11) is 0. The maximum atomic E-state index is 4.44. The van der Waals surface area contributed by atoms with Crippen molar-refractivity contribution in [2.45, 2.75) is 32.6 Å². The van der Waals surface area contributed by atoms with Crippen molar-refractivity contribution in [1.29, 1.82) is 0 Å². The largest absolute Gasteiger partial charge is 0.261 e. The highest BCUT2D eigenvalue weighted by molar-refractivity contribution is 5.26. The molecule has 0 radical (unpaired) electrons. The summed E-state index contributed by atoms with van der Waals surface area (Å²) in [6.07, 6.45) is 4.57. The summed E-state index contributed by atoms with van der Waals surface area (Å²) >= 11 is 0. The van der Waals surface area contributed by atoms with E-state index < -0.39 is 0 Å². The van der Waals surface area contributed by atoms with Gasteiger partial charge in [-0.05, 0) is 30.9 Å². The average molecular weight is 161 g/mol. The van der Waals surface area contributed by atoms with Crippen LogP contribution < -0.4 is 0 Å². The van der Waals surface area contributed by atoms with Crippen LogP contribution in [0.25, 0.3) is 0 Å². The van der Waals surface area contributed by atoms with Gasteiger partial charge in [-0.25, -0.2) is 0 Å². The van der Waals surface area contributed by atoms with Crippen LogP contribution in [0.4, 0.5) is 0 Å². The molecule has 0 N–H and O–H groups in total. The second-order valence-electron chi connectivity index (χ2n) is 3.72. The van der Waals surface area contributed by atoms with E-state index in [2.05, 4.69) is 24.9 Å². The number of aromatic nitrogens is 1. The van der Waals surface area contributed by atoms with Crippen molar-refractivity contribution in [3.05, 3.63) is 29.6 Å². The fourth-order valence-corrected chi connectivity index (χ4v) is 1.92. The van der Waals surface area contributed by atoms with Crippen LogP contribution in [-0.4, -0.2) is 4.98 Å². The van der Waals surface area contributed by atoms with Crippen molar-refractivity contribution >= 4 is 0 Å². The molecule has 1 heterocycles.